The van der Waals surface area contributed by atoms with Crippen molar-refractivity contribution >= 4 is 17.3 Å². The van der Waals surface area contributed by atoms with Crippen LogP contribution in [0, 0.1) is 11.2 Å². The molecule has 3 N–H and O–H groups in total. The zero-order valence-corrected chi connectivity index (χ0v) is 9.10. The molecule has 0 bridgehead atoms. The molecule has 1 amide bonds. The van der Waals surface area contributed by atoms with Gasteiger partial charge in [0.1, 0.15) is 5.82 Å². The minimum Gasteiger partial charge on any atom is -0.396 e. The van der Waals surface area contributed by atoms with Crippen LogP contribution in [0.1, 0.15) is 20.8 Å². The van der Waals surface area contributed by atoms with E-state index in [0.717, 1.165) is 0 Å². The third-order valence-corrected chi connectivity index (χ3v) is 1.94. The summed E-state index contributed by atoms with van der Waals surface area (Å²) in [7, 11) is 0. The number of anilines is 2. The van der Waals surface area contributed by atoms with Gasteiger partial charge >= 0.3 is 0 Å². The molecular formula is C11H15FN2O. The van der Waals surface area contributed by atoms with E-state index in [1.165, 1.54) is 18.2 Å². The number of hydrogen-bond acceptors (Lipinski definition) is 2. The summed E-state index contributed by atoms with van der Waals surface area (Å²) in [6.45, 7) is 5.40. The molecule has 4 heteroatoms. The molecule has 1 aromatic carbocycles. The van der Waals surface area contributed by atoms with Gasteiger partial charge in [-0.25, -0.2) is 4.39 Å². The summed E-state index contributed by atoms with van der Waals surface area (Å²) in [5.74, 6) is -0.614. The van der Waals surface area contributed by atoms with Crippen LogP contribution in [0.15, 0.2) is 18.2 Å². The third-order valence-electron chi connectivity index (χ3n) is 1.94. The highest BCUT2D eigenvalue weighted by molar-refractivity contribution is 5.94. The first-order chi connectivity index (χ1) is 6.80. The van der Waals surface area contributed by atoms with Gasteiger partial charge in [-0.15, -0.1) is 0 Å². The molecule has 0 aliphatic carbocycles. The van der Waals surface area contributed by atoms with E-state index in [0.29, 0.717) is 5.69 Å². The van der Waals surface area contributed by atoms with Gasteiger partial charge in [0, 0.05) is 11.1 Å². The SMILES string of the molecule is CC(C)(C)C(=O)Nc1ccc(F)c(N)c1. The lowest BCUT2D eigenvalue weighted by Crippen LogP contribution is -2.27. The summed E-state index contributed by atoms with van der Waals surface area (Å²) in [5.41, 5.74) is 5.43. The van der Waals surface area contributed by atoms with Crippen LogP contribution >= 0.6 is 0 Å². The van der Waals surface area contributed by atoms with Crippen LogP contribution in [0.4, 0.5) is 15.8 Å². The summed E-state index contributed by atoms with van der Waals surface area (Å²) in [6.07, 6.45) is 0. The molecule has 15 heavy (non-hydrogen) atoms. The van der Waals surface area contributed by atoms with E-state index in [1.54, 1.807) is 20.8 Å². The van der Waals surface area contributed by atoms with Crippen LogP contribution in [0.3, 0.4) is 0 Å². The van der Waals surface area contributed by atoms with Crippen LogP contribution < -0.4 is 11.1 Å². The van der Waals surface area contributed by atoms with Gasteiger partial charge in [-0.1, -0.05) is 20.8 Å². The Morgan fingerprint density at radius 2 is 2.00 bits per heavy atom. The van der Waals surface area contributed by atoms with E-state index in [-0.39, 0.29) is 11.6 Å². The summed E-state index contributed by atoms with van der Waals surface area (Å²) < 4.78 is 12.8. The number of halogens is 1. The standard InChI is InChI=1S/C11H15FN2O/c1-11(2,3)10(15)14-7-4-5-8(12)9(13)6-7/h4-6H,13H2,1-3H3,(H,14,15). The van der Waals surface area contributed by atoms with Crippen LogP contribution in [0.5, 0.6) is 0 Å². The fraction of sp³-hybridized carbons (Fsp3) is 0.364. The maximum atomic E-state index is 12.8. The number of hydrogen-bond donors (Lipinski definition) is 2. The van der Waals surface area contributed by atoms with Crippen molar-refractivity contribution in [1.82, 2.24) is 0 Å². The van der Waals surface area contributed by atoms with Gasteiger partial charge in [0.05, 0.1) is 5.69 Å². The highest BCUT2D eigenvalue weighted by Crippen LogP contribution is 2.20. The van der Waals surface area contributed by atoms with Crippen LogP contribution in [0.25, 0.3) is 0 Å². The topological polar surface area (TPSA) is 55.1 Å². The number of carbonyl (C=O) groups is 1. The van der Waals surface area contributed by atoms with E-state index in [4.69, 9.17) is 5.73 Å². The van der Waals surface area contributed by atoms with Crippen molar-refractivity contribution in [3.05, 3.63) is 24.0 Å². The van der Waals surface area contributed by atoms with Crippen molar-refractivity contribution < 1.29 is 9.18 Å². The Morgan fingerprint density at radius 3 is 2.47 bits per heavy atom. The molecule has 82 valence electrons. The van der Waals surface area contributed by atoms with Gasteiger partial charge in [-0.2, -0.15) is 0 Å². The van der Waals surface area contributed by atoms with Gasteiger partial charge in [-0.3, -0.25) is 4.79 Å². The number of nitrogen functional groups attached to an aromatic ring is 1. The molecule has 0 atom stereocenters. The van der Waals surface area contributed by atoms with Gasteiger partial charge in [0.25, 0.3) is 0 Å². The van der Waals surface area contributed by atoms with Gasteiger partial charge in [0.2, 0.25) is 5.91 Å². The molecule has 0 radical (unpaired) electrons. The monoisotopic (exact) mass is 210 g/mol. The molecule has 1 rings (SSSR count). The van der Waals surface area contributed by atoms with Crippen LogP contribution in [0.2, 0.25) is 0 Å². The fourth-order valence-electron chi connectivity index (χ4n) is 0.940. The Bertz CT molecular complexity index is 383. The highest BCUT2D eigenvalue weighted by Gasteiger charge is 2.21. The second-order valence-corrected chi connectivity index (χ2v) is 4.44. The van der Waals surface area contributed by atoms with Crippen molar-refractivity contribution in [2.75, 3.05) is 11.1 Å². The molecule has 0 heterocycles. The molecule has 0 aliphatic heterocycles. The Kier molecular flexibility index (Phi) is 2.98. The highest BCUT2D eigenvalue weighted by atomic mass is 19.1. The molecule has 3 nitrogen and oxygen atoms in total. The molecule has 0 spiro atoms. The zero-order valence-electron chi connectivity index (χ0n) is 9.10. The quantitative estimate of drug-likeness (QED) is 0.699. The summed E-state index contributed by atoms with van der Waals surface area (Å²) in [6, 6.07) is 4.11. The summed E-state index contributed by atoms with van der Waals surface area (Å²) in [4.78, 5) is 11.6. The first-order valence-corrected chi connectivity index (χ1v) is 4.67. The predicted molar refractivity (Wildman–Crippen MR) is 58.9 cm³/mol. The number of rotatable bonds is 1. The fourth-order valence-corrected chi connectivity index (χ4v) is 0.940. The van der Waals surface area contributed by atoms with Crippen LogP contribution in [-0.4, -0.2) is 5.91 Å². The smallest absolute Gasteiger partial charge is 0.229 e. The molecule has 0 saturated heterocycles. The van der Waals surface area contributed by atoms with Crippen molar-refractivity contribution in [3.8, 4) is 0 Å². The predicted octanol–water partition coefficient (Wildman–Crippen LogP) is 2.39. The van der Waals surface area contributed by atoms with E-state index in [9.17, 15) is 9.18 Å². The molecular weight excluding hydrogens is 195 g/mol. The second kappa shape index (κ2) is 3.88. The molecule has 0 saturated carbocycles. The summed E-state index contributed by atoms with van der Waals surface area (Å²) >= 11 is 0. The third kappa shape index (κ3) is 2.94. The van der Waals surface area contributed by atoms with Crippen molar-refractivity contribution in [1.29, 1.82) is 0 Å². The molecule has 0 aromatic heterocycles. The first kappa shape index (κ1) is 11.5. The molecule has 0 aliphatic rings. The number of carbonyl (C=O) groups excluding carboxylic acids is 1. The number of benzene rings is 1. The normalized spacial score (nSPS) is 11.2. The Labute approximate surface area is 88.5 Å². The van der Waals surface area contributed by atoms with Gasteiger partial charge in [0.15, 0.2) is 0 Å². The van der Waals surface area contributed by atoms with E-state index >= 15 is 0 Å². The Morgan fingerprint density at radius 1 is 1.40 bits per heavy atom. The molecule has 0 fully saturated rings. The van der Waals surface area contributed by atoms with Crippen molar-refractivity contribution in [2.45, 2.75) is 20.8 Å². The maximum Gasteiger partial charge on any atom is 0.229 e. The van der Waals surface area contributed by atoms with Gasteiger partial charge in [-0.05, 0) is 18.2 Å². The minimum atomic E-state index is -0.483. The van der Waals surface area contributed by atoms with Crippen molar-refractivity contribution in [2.24, 2.45) is 5.41 Å². The van der Waals surface area contributed by atoms with E-state index < -0.39 is 11.2 Å². The number of nitrogens with two attached hydrogens (primary N) is 1. The number of nitrogens with one attached hydrogen (secondary N) is 1. The largest absolute Gasteiger partial charge is 0.396 e. The molecule has 0 unspecified atom stereocenters. The second-order valence-electron chi connectivity index (χ2n) is 4.44. The lowest BCUT2D eigenvalue weighted by molar-refractivity contribution is -0.123. The lowest BCUT2D eigenvalue weighted by Gasteiger charge is -2.17. The molecule has 1 aromatic rings. The minimum absolute atomic E-state index is 0.0294. The van der Waals surface area contributed by atoms with Crippen LogP contribution in [-0.2, 0) is 4.79 Å². The number of amides is 1. The Balaban J connectivity index is 2.83. The van der Waals surface area contributed by atoms with Gasteiger partial charge < -0.3 is 11.1 Å². The van der Waals surface area contributed by atoms with E-state index in [1.807, 2.05) is 0 Å². The summed E-state index contributed by atoms with van der Waals surface area (Å²) in [5, 5.41) is 2.66. The lowest BCUT2D eigenvalue weighted by atomic mass is 9.95. The van der Waals surface area contributed by atoms with E-state index in [2.05, 4.69) is 5.32 Å². The van der Waals surface area contributed by atoms with Crippen molar-refractivity contribution in [3.63, 3.8) is 0 Å². The maximum absolute atomic E-state index is 12.8. The first-order valence-electron chi connectivity index (χ1n) is 4.67. The average Bonchev–Trinajstić information content (AvgIpc) is 2.10. The Hall–Kier alpha value is -1.58. The zero-order chi connectivity index (χ0) is 11.6. The average molecular weight is 210 g/mol.